The number of nitrogens with zero attached hydrogens (tertiary/aromatic N) is 4. The second-order valence-electron chi connectivity index (χ2n) is 6.35. The third-order valence-corrected chi connectivity index (χ3v) is 5.35. The average molecular weight is 402 g/mol. The molecule has 0 aliphatic heterocycles. The van der Waals surface area contributed by atoms with Crippen LogP contribution >= 0.6 is 11.3 Å². The Kier molecular flexibility index (Phi) is 5.64. The van der Waals surface area contributed by atoms with Crippen LogP contribution in [0.5, 0.6) is 5.88 Å². The molecule has 0 unspecified atom stereocenters. The number of benzene rings is 1. The molecule has 1 amide bonds. The zero-order valence-electron chi connectivity index (χ0n) is 16.5. The number of aromatic nitrogens is 3. The Bertz CT molecular complexity index is 1120. The maximum atomic E-state index is 12.8. The molecule has 0 saturated carbocycles. The normalized spacial score (nSPS) is 11.8. The molecule has 0 spiro atoms. The van der Waals surface area contributed by atoms with Crippen molar-refractivity contribution in [2.75, 3.05) is 13.7 Å². The number of methoxy groups -OCH3 is 1. The first kappa shape index (κ1) is 19.8. The number of ether oxygens (including phenoxy) is 2. The number of fused-ring (bicyclic) bond motifs is 1. The zero-order chi connectivity index (χ0) is 20.4. The number of amides is 1. The minimum absolute atomic E-state index is 0.0208. The minimum Gasteiger partial charge on any atom is -0.479 e. The molecule has 1 aromatic carbocycles. The van der Waals surface area contributed by atoms with E-state index in [9.17, 15) is 9.59 Å². The van der Waals surface area contributed by atoms with E-state index in [1.807, 2.05) is 19.9 Å². The van der Waals surface area contributed by atoms with Gasteiger partial charge >= 0.3 is 5.97 Å². The van der Waals surface area contributed by atoms with Crippen molar-refractivity contribution in [1.29, 1.82) is 0 Å². The summed E-state index contributed by atoms with van der Waals surface area (Å²) in [5.41, 5.74) is 3.23. The lowest BCUT2D eigenvalue weighted by Crippen LogP contribution is -2.23. The van der Waals surface area contributed by atoms with Gasteiger partial charge in [0.25, 0.3) is 5.91 Å². The van der Waals surface area contributed by atoms with Crippen molar-refractivity contribution in [2.45, 2.75) is 27.3 Å². The number of esters is 1. The number of hydrogen-bond acceptors (Lipinski definition) is 6. The highest BCUT2D eigenvalue weighted by Gasteiger charge is 2.18. The molecule has 3 aromatic rings. The lowest BCUT2D eigenvalue weighted by Gasteiger charge is -2.06. The maximum absolute atomic E-state index is 12.8. The van der Waals surface area contributed by atoms with E-state index in [0.29, 0.717) is 4.80 Å². The Morgan fingerprint density at radius 2 is 2.04 bits per heavy atom. The van der Waals surface area contributed by atoms with Crippen molar-refractivity contribution in [2.24, 2.45) is 12.0 Å². The largest absolute Gasteiger partial charge is 0.479 e. The quantitative estimate of drug-likeness (QED) is 0.612. The molecular weight excluding hydrogens is 380 g/mol. The first-order chi connectivity index (χ1) is 13.3. The van der Waals surface area contributed by atoms with Crippen LogP contribution in [0.15, 0.2) is 23.3 Å². The Labute approximate surface area is 166 Å². The molecular formula is C19H22N4O4S. The van der Waals surface area contributed by atoms with E-state index in [4.69, 9.17) is 9.47 Å². The molecule has 0 aliphatic rings. The summed E-state index contributed by atoms with van der Waals surface area (Å²) in [7, 11) is 3.15. The number of hydrogen-bond donors (Lipinski definition) is 0. The van der Waals surface area contributed by atoms with Gasteiger partial charge in [-0.05, 0) is 38.0 Å². The van der Waals surface area contributed by atoms with Gasteiger partial charge in [0.15, 0.2) is 4.80 Å². The number of rotatable bonds is 5. The highest BCUT2D eigenvalue weighted by molar-refractivity contribution is 7.16. The van der Waals surface area contributed by atoms with E-state index >= 15 is 0 Å². The van der Waals surface area contributed by atoms with E-state index in [1.54, 1.807) is 24.7 Å². The van der Waals surface area contributed by atoms with E-state index < -0.39 is 5.91 Å². The number of carbonyl (C=O) groups is 2. The topological polar surface area (TPSA) is 87.7 Å². The van der Waals surface area contributed by atoms with E-state index in [2.05, 4.69) is 16.2 Å². The second-order valence-corrected chi connectivity index (χ2v) is 7.33. The van der Waals surface area contributed by atoms with Crippen LogP contribution in [0.2, 0.25) is 0 Å². The monoisotopic (exact) mass is 402 g/mol. The molecule has 0 bridgehead atoms. The molecule has 0 saturated heterocycles. The summed E-state index contributed by atoms with van der Waals surface area (Å²) in [4.78, 5) is 29.6. The summed E-state index contributed by atoms with van der Waals surface area (Å²) < 4.78 is 14.4. The molecule has 2 heterocycles. The highest BCUT2D eigenvalue weighted by Crippen LogP contribution is 2.24. The van der Waals surface area contributed by atoms with Gasteiger partial charge in [-0.25, -0.2) is 0 Å². The first-order valence-electron chi connectivity index (χ1n) is 8.77. The molecule has 0 radical (unpaired) electrons. The van der Waals surface area contributed by atoms with Gasteiger partial charge in [0, 0.05) is 13.2 Å². The van der Waals surface area contributed by atoms with Gasteiger partial charge in [0.05, 0.1) is 23.9 Å². The maximum Gasteiger partial charge on any atom is 0.326 e. The number of carbonyl (C=O) groups excluding carboxylic acids is 2. The lowest BCUT2D eigenvalue weighted by molar-refractivity contribution is -0.143. The predicted octanol–water partition coefficient (Wildman–Crippen LogP) is 2.37. The minimum atomic E-state index is -0.483. The van der Waals surface area contributed by atoms with Crippen LogP contribution < -0.4 is 9.54 Å². The first-order valence-corrected chi connectivity index (χ1v) is 9.58. The molecule has 3 rings (SSSR count). The second kappa shape index (κ2) is 7.97. The van der Waals surface area contributed by atoms with Crippen LogP contribution in [0.4, 0.5) is 0 Å². The summed E-state index contributed by atoms with van der Waals surface area (Å²) in [6.45, 7) is 6.01. The SMILES string of the molecule is CCOC(=O)Cn1c(=NC(=O)c2cn(C)nc2OC)sc2c(C)cc(C)cc21. The third-order valence-electron chi connectivity index (χ3n) is 4.12. The van der Waals surface area contributed by atoms with Gasteiger partial charge in [-0.1, -0.05) is 17.4 Å². The molecule has 148 valence electrons. The van der Waals surface area contributed by atoms with Crippen LogP contribution in [0.25, 0.3) is 10.2 Å². The summed E-state index contributed by atoms with van der Waals surface area (Å²) in [5, 5.41) is 4.09. The molecule has 9 heteroatoms. The van der Waals surface area contributed by atoms with Crippen LogP contribution in [-0.4, -0.2) is 39.9 Å². The van der Waals surface area contributed by atoms with Crippen molar-refractivity contribution >= 4 is 33.4 Å². The summed E-state index contributed by atoms with van der Waals surface area (Å²) in [6, 6.07) is 4.04. The average Bonchev–Trinajstić information content (AvgIpc) is 3.16. The Morgan fingerprint density at radius 3 is 2.71 bits per heavy atom. The Morgan fingerprint density at radius 1 is 1.29 bits per heavy atom. The van der Waals surface area contributed by atoms with E-state index in [0.717, 1.165) is 21.3 Å². The molecule has 2 aromatic heterocycles. The van der Waals surface area contributed by atoms with Gasteiger partial charge in [0.1, 0.15) is 12.1 Å². The molecule has 0 N–H and O–H groups in total. The molecule has 28 heavy (non-hydrogen) atoms. The van der Waals surface area contributed by atoms with Crippen molar-refractivity contribution in [3.8, 4) is 5.88 Å². The molecule has 0 fully saturated rings. The van der Waals surface area contributed by atoms with Crippen molar-refractivity contribution in [1.82, 2.24) is 14.3 Å². The van der Waals surface area contributed by atoms with Crippen molar-refractivity contribution < 1.29 is 19.1 Å². The summed E-state index contributed by atoms with van der Waals surface area (Å²) in [6.07, 6.45) is 1.56. The van der Waals surface area contributed by atoms with Crippen molar-refractivity contribution in [3.05, 3.63) is 39.8 Å². The molecule has 0 atom stereocenters. The zero-order valence-corrected chi connectivity index (χ0v) is 17.3. The fourth-order valence-corrected chi connectivity index (χ4v) is 4.08. The van der Waals surface area contributed by atoms with Crippen LogP contribution in [-0.2, 0) is 23.1 Å². The fraction of sp³-hybridized carbons (Fsp3) is 0.368. The smallest absolute Gasteiger partial charge is 0.326 e. The summed E-state index contributed by atoms with van der Waals surface area (Å²) in [5.74, 6) is -0.654. The number of thiazole rings is 1. The highest BCUT2D eigenvalue weighted by atomic mass is 32.1. The van der Waals surface area contributed by atoms with Crippen LogP contribution in [0.1, 0.15) is 28.4 Å². The van der Waals surface area contributed by atoms with E-state index in [1.165, 1.54) is 23.1 Å². The van der Waals surface area contributed by atoms with Gasteiger partial charge in [-0.15, -0.1) is 5.10 Å². The van der Waals surface area contributed by atoms with Gasteiger partial charge in [0.2, 0.25) is 5.88 Å². The Balaban J connectivity index is 2.18. The molecule has 8 nitrogen and oxygen atoms in total. The van der Waals surface area contributed by atoms with Gasteiger partial charge < -0.3 is 14.0 Å². The fourth-order valence-electron chi connectivity index (χ4n) is 3.00. The van der Waals surface area contributed by atoms with Crippen LogP contribution in [0.3, 0.4) is 0 Å². The summed E-state index contributed by atoms with van der Waals surface area (Å²) >= 11 is 1.36. The number of aryl methyl sites for hydroxylation is 3. The lowest BCUT2D eigenvalue weighted by atomic mass is 10.1. The van der Waals surface area contributed by atoms with Gasteiger partial charge in [-0.3, -0.25) is 14.3 Å². The van der Waals surface area contributed by atoms with Crippen LogP contribution in [0, 0.1) is 13.8 Å². The molecule has 0 aliphatic carbocycles. The standard InChI is InChI=1S/C19H22N4O4S/c1-6-27-15(24)10-23-14-8-11(2)7-12(3)16(14)28-19(23)20-17(25)13-9-22(4)21-18(13)26-5/h7-9H,6,10H2,1-5H3. The van der Waals surface area contributed by atoms with E-state index in [-0.39, 0.29) is 30.6 Å². The predicted molar refractivity (Wildman–Crippen MR) is 106 cm³/mol. The third kappa shape index (κ3) is 3.84. The Hall–Kier alpha value is -2.94. The van der Waals surface area contributed by atoms with Crippen molar-refractivity contribution in [3.63, 3.8) is 0 Å². The van der Waals surface area contributed by atoms with Gasteiger partial charge in [-0.2, -0.15) is 4.99 Å².